The topological polar surface area (TPSA) is 21.3 Å². The van der Waals surface area contributed by atoms with Gasteiger partial charge in [-0.1, -0.05) is 13.8 Å². The number of benzene rings is 1. The van der Waals surface area contributed by atoms with E-state index in [9.17, 15) is 8.78 Å². The van der Waals surface area contributed by atoms with Crippen molar-refractivity contribution < 1.29 is 13.5 Å². The van der Waals surface area contributed by atoms with E-state index in [2.05, 4.69) is 5.32 Å². The number of ether oxygens (including phenoxy) is 1. The predicted molar refractivity (Wildman–Crippen MR) is 68.7 cm³/mol. The zero-order valence-corrected chi connectivity index (χ0v) is 11.2. The van der Waals surface area contributed by atoms with Crippen molar-refractivity contribution in [3.05, 3.63) is 35.4 Å². The van der Waals surface area contributed by atoms with Crippen LogP contribution in [0.2, 0.25) is 0 Å². The highest BCUT2D eigenvalue weighted by Gasteiger charge is 2.24. The second kappa shape index (κ2) is 6.81. The van der Waals surface area contributed by atoms with E-state index in [1.807, 2.05) is 13.8 Å². The van der Waals surface area contributed by atoms with E-state index in [1.165, 1.54) is 12.1 Å². The maximum Gasteiger partial charge on any atom is 0.127 e. The zero-order chi connectivity index (χ0) is 13.6. The molecule has 1 aromatic rings. The van der Waals surface area contributed by atoms with Gasteiger partial charge in [0.15, 0.2) is 0 Å². The fourth-order valence-corrected chi connectivity index (χ4v) is 1.85. The van der Waals surface area contributed by atoms with E-state index in [0.717, 1.165) is 25.6 Å². The van der Waals surface area contributed by atoms with Crippen molar-refractivity contribution in [1.29, 1.82) is 0 Å². The second-order valence-corrected chi connectivity index (χ2v) is 5.00. The Morgan fingerprint density at radius 1 is 1.22 bits per heavy atom. The first-order valence-corrected chi connectivity index (χ1v) is 6.12. The van der Waals surface area contributed by atoms with Crippen LogP contribution in [-0.4, -0.2) is 26.8 Å². The molecule has 2 nitrogen and oxygen atoms in total. The molecule has 0 spiro atoms. The molecule has 0 aromatic heterocycles. The Bertz CT molecular complexity index is 380. The minimum absolute atomic E-state index is 0.349. The van der Waals surface area contributed by atoms with E-state index in [-0.39, 0.29) is 5.82 Å². The predicted octanol–water partition coefficient (Wildman–Crippen LogP) is 2.87. The molecule has 0 bridgehead atoms. The van der Waals surface area contributed by atoms with Gasteiger partial charge in [0, 0.05) is 13.7 Å². The van der Waals surface area contributed by atoms with Gasteiger partial charge in [-0.25, -0.2) is 8.78 Å². The molecule has 0 unspecified atom stereocenters. The van der Waals surface area contributed by atoms with E-state index in [0.29, 0.717) is 12.2 Å². The molecular formula is C14H21F2NO. The minimum atomic E-state index is -0.397. The number of rotatable bonds is 7. The average molecular weight is 257 g/mol. The number of methoxy groups -OCH3 is 1. The molecule has 0 aliphatic rings. The molecule has 1 rings (SSSR count). The van der Waals surface area contributed by atoms with Crippen molar-refractivity contribution in [2.24, 2.45) is 0 Å². The van der Waals surface area contributed by atoms with Crippen LogP contribution in [0, 0.1) is 11.6 Å². The van der Waals surface area contributed by atoms with Crippen LogP contribution in [0.3, 0.4) is 0 Å². The molecule has 0 heterocycles. The zero-order valence-electron chi connectivity index (χ0n) is 11.2. The van der Waals surface area contributed by atoms with Gasteiger partial charge in [-0.2, -0.15) is 0 Å². The summed E-state index contributed by atoms with van der Waals surface area (Å²) in [6.45, 7) is 5.99. The molecular weight excluding hydrogens is 236 g/mol. The van der Waals surface area contributed by atoms with Crippen molar-refractivity contribution in [2.75, 3.05) is 26.8 Å². The van der Waals surface area contributed by atoms with Gasteiger partial charge in [0.1, 0.15) is 11.6 Å². The van der Waals surface area contributed by atoms with Crippen LogP contribution in [0.25, 0.3) is 0 Å². The number of hydrogen-bond donors (Lipinski definition) is 1. The largest absolute Gasteiger partial charge is 0.383 e. The van der Waals surface area contributed by atoms with Gasteiger partial charge < -0.3 is 10.1 Å². The molecule has 0 aliphatic heterocycles. The van der Waals surface area contributed by atoms with Crippen LogP contribution < -0.4 is 5.32 Å². The van der Waals surface area contributed by atoms with Crippen molar-refractivity contribution >= 4 is 0 Å². The smallest absolute Gasteiger partial charge is 0.127 e. The first-order chi connectivity index (χ1) is 8.47. The Balaban J connectivity index is 2.59. The summed E-state index contributed by atoms with van der Waals surface area (Å²) in [7, 11) is 1.65. The summed E-state index contributed by atoms with van der Waals surface area (Å²) < 4.78 is 31.8. The summed E-state index contributed by atoms with van der Waals surface area (Å²) in [4.78, 5) is 0. The SMILES string of the molecule is COCCNCCC(C)(C)c1cc(F)ccc1F. The summed E-state index contributed by atoms with van der Waals surface area (Å²) in [5.41, 5.74) is 0.0303. The summed E-state index contributed by atoms with van der Waals surface area (Å²) in [6, 6.07) is 3.61. The lowest BCUT2D eigenvalue weighted by atomic mass is 9.81. The maximum absolute atomic E-state index is 13.7. The third-order valence-corrected chi connectivity index (χ3v) is 3.07. The first kappa shape index (κ1) is 15.1. The molecule has 102 valence electrons. The highest BCUT2D eigenvalue weighted by Crippen LogP contribution is 2.29. The highest BCUT2D eigenvalue weighted by atomic mass is 19.1. The minimum Gasteiger partial charge on any atom is -0.383 e. The normalized spacial score (nSPS) is 11.8. The number of nitrogens with one attached hydrogen (secondary N) is 1. The third-order valence-electron chi connectivity index (χ3n) is 3.07. The molecule has 1 N–H and O–H groups in total. The molecule has 4 heteroatoms. The fraction of sp³-hybridized carbons (Fsp3) is 0.571. The summed E-state index contributed by atoms with van der Waals surface area (Å²) >= 11 is 0. The summed E-state index contributed by atoms with van der Waals surface area (Å²) in [6.07, 6.45) is 0.733. The molecule has 0 aliphatic carbocycles. The second-order valence-electron chi connectivity index (χ2n) is 5.00. The van der Waals surface area contributed by atoms with Crippen molar-refractivity contribution in [1.82, 2.24) is 5.32 Å². The number of hydrogen-bond acceptors (Lipinski definition) is 2. The summed E-state index contributed by atoms with van der Waals surface area (Å²) in [5, 5.41) is 3.21. The standard InChI is InChI=1S/C14H21F2NO/c1-14(2,6-7-17-8-9-18-3)12-10-11(15)4-5-13(12)16/h4-5,10,17H,6-9H2,1-3H3. The van der Waals surface area contributed by atoms with Crippen LogP contribution in [0.4, 0.5) is 8.78 Å². The van der Waals surface area contributed by atoms with Gasteiger partial charge in [-0.05, 0) is 42.1 Å². The van der Waals surface area contributed by atoms with E-state index < -0.39 is 11.2 Å². The van der Waals surface area contributed by atoms with E-state index in [4.69, 9.17) is 4.74 Å². The van der Waals surface area contributed by atoms with Crippen LogP contribution >= 0.6 is 0 Å². The van der Waals surface area contributed by atoms with Gasteiger partial charge in [0.25, 0.3) is 0 Å². The van der Waals surface area contributed by atoms with Gasteiger partial charge >= 0.3 is 0 Å². The van der Waals surface area contributed by atoms with Gasteiger partial charge in [0.2, 0.25) is 0 Å². The van der Waals surface area contributed by atoms with E-state index in [1.54, 1.807) is 7.11 Å². The molecule has 0 atom stereocenters. The van der Waals surface area contributed by atoms with E-state index >= 15 is 0 Å². The lowest BCUT2D eigenvalue weighted by Gasteiger charge is -2.26. The van der Waals surface area contributed by atoms with Gasteiger partial charge in [-0.3, -0.25) is 0 Å². The van der Waals surface area contributed by atoms with Crippen molar-refractivity contribution in [3.63, 3.8) is 0 Å². The van der Waals surface area contributed by atoms with Crippen LogP contribution in [0.5, 0.6) is 0 Å². The Labute approximate surface area is 107 Å². The maximum atomic E-state index is 13.7. The van der Waals surface area contributed by atoms with Crippen molar-refractivity contribution in [2.45, 2.75) is 25.7 Å². The lowest BCUT2D eigenvalue weighted by molar-refractivity contribution is 0.198. The Kier molecular flexibility index (Phi) is 5.69. The Hall–Kier alpha value is -1.00. The molecule has 0 amide bonds. The summed E-state index contributed by atoms with van der Waals surface area (Å²) in [5.74, 6) is -0.745. The molecule has 0 saturated carbocycles. The van der Waals surface area contributed by atoms with Gasteiger partial charge in [0.05, 0.1) is 6.61 Å². The van der Waals surface area contributed by atoms with Crippen LogP contribution in [0.15, 0.2) is 18.2 Å². The third kappa shape index (κ3) is 4.35. The molecule has 1 aromatic carbocycles. The monoisotopic (exact) mass is 257 g/mol. The van der Waals surface area contributed by atoms with Crippen molar-refractivity contribution in [3.8, 4) is 0 Å². The average Bonchev–Trinajstić information content (AvgIpc) is 2.32. The van der Waals surface area contributed by atoms with Gasteiger partial charge in [-0.15, -0.1) is 0 Å². The lowest BCUT2D eigenvalue weighted by Crippen LogP contribution is -2.28. The quantitative estimate of drug-likeness (QED) is 0.758. The fourth-order valence-electron chi connectivity index (χ4n) is 1.85. The molecule has 0 fully saturated rings. The Morgan fingerprint density at radius 2 is 1.94 bits per heavy atom. The molecule has 0 saturated heterocycles. The van der Waals surface area contributed by atoms with Crippen LogP contribution in [0.1, 0.15) is 25.8 Å². The van der Waals surface area contributed by atoms with Crippen LogP contribution in [-0.2, 0) is 10.2 Å². The highest BCUT2D eigenvalue weighted by molar-refractivity contribution is 5.26. The molecule has 18 heavy (non-hydrogen) atoms. The molecule has 0 radical (unpaired) electrons. The Morgan fingerprint density at radius 3 is 2.61 bits per heavy atom. The first-order valence-electron chi connectivity index (χ1n) is 6.12. The number of halogens is 2.